The van der Waals surface area contributed by atoms with Crippen LogP contribution in [0.3, 0.4) is 0 Å². The van der Waals surface area contributed by atoms with Crippen molar-refractivity contribution in [2.24, 2.45) is 0 Å². The van der Waals surface area contributed by atoms with Crippen LogP contribution in [-0.2, 0) is 19.9 Å². The number of anilines is 1. The van der Waals surface area contributed by atoms with Crippen LogP contribution in [0.4, 0.5) is 23.7 Å². The summed E-state index contributed by atoms with van der Waals surface area (Å²) >= 11 is 0. The second-order valence-corrected chi connectivity index (χ2v) is 8.06. The lowest BCUT2D eigenvalue weighted by Gasteiger charge is -2.22. The van der Waals surface area contributed by atoms with Crippen LogP contribution in [0.1, 0.15) is 12.5 Å². The molecule has 1 heterocycles. The quantitative estimate of drug-likeness (QED) is 0.369. The second-order valence-electron chi connectivity index (χ2n) is 8.06. The number of carbonyl (C=O) groups is 4. The number of hydrogen-bond donors (Lipinski definition) is 3. The summed E-state index contributed by atoms with van der Waals surface area (Å²) in [7, 11) is 0. The summed E-state index contributed by atoms with van der Waals surface area (Å²) in [5.74, 6) is -7.17. The number of amides is 5. The Hall–Kier alpha value is -4.41. The standard InChI is InChI=1S/C24H19F3N4O4/c1-24(15-7-6-13-4-2-3-5-14(13)10-15)22(34)31(23(35)30-24)12-19(33)28-11-18(32)29-17-9-8-16(25)20(26)21(17)27/h2-10H,11-12H2,1H3,(H,28,33)(H,29,32)(H,30,35). The topological polar surface area (TPSA) is 108 Å². The van der Waals surface area contributed by atoms with E-state index in [4.69, 9.17) is 0 Å². The summed E-state index contributed by atoms with van der Waals surface area (Å²) in [5.41, 5.74) is -1.48. The van der Waals surface area contributed by atoms with Gasteiger partial charge in [0.15, 0.2) is 17.5 Å². The van der Waals surface area contributed by atoms with Crippen LogP contribution in [-0.4, -0.2) is 41.7 Å². The summed E-state index contributed by atoms with van der Waals surface area (Å²) in [6.07, 6.45) is 0. The van der Waals surface area contributed by atoms with Gasteiger partial charge in [0, 0.05) is 0 Å². The van der Waals surface area contributed by atoms with Gasteiger partial charge in [-0.15, -0.1) is 0 Å². The van der Waals surface area contributed by atoms with Gasteiger partial charge in [-0.25, -0.2) is 18.0 Å². The van der Waals surface area contributed by atoms with Crippen molar-refractivity contribution in [2.45, 2.75) is 12.5 Å². The molecule has 0 aliphatic carbocycles. The van der Waals surface area contributed by atoms with E-state index >= 15 is 0 Å². The molecule has 1 saturated heterocycles. The first-order valence-corrected chi connectivity index (χ1v) is 10.4. The highest BCUT2D eigenvalue weighted by Gasteiger charge is 2.49. The van der Waals surface area contributed by atoms with Gasteiger partial charge in [0.05, 0.1) is 12.2 Å². The maximum Gasteiger partial charge on any atom is 0.325 e. The molecule has 3 aromatic rings. The van der Waals surface area contributed by atoms with Crippen LogP contribution < -0.4 is 16.0 Å². The van der Waals surface area contributed by atoms with Gasteiger partial charge >= 0.3 is 6.03 Å². The SMILES string of the molecule is CC1(c2ccc3ccccc3c2)NC(=O)N(CC(=O)NCC(=O)Nc2ccc(F)c(F)c2F)C1=O. The first kappa shape index (κ1) is 23.7. The number of imide groups is 1. The lowest BCUT2D eigenvalue weighted by Crippen LogP contribution is -2.44. The monoisotopic (exact) mass is 484 g/mol. The Morgan fingerprint density at radius 2 is 1.66 bits per heavy atom. The molecule has 4 rings (SSSR count). The molecule has 1 unspecified atom stereocenters. The summed E-state index contributed by atoms with van der Waals surface area (Å²) < 4.78 is 39.9. The fraction of sp³-hybridized carbons (Fsp3) is 0.167. The summed E-state index contributed by atoms with van der Waals surface area (Å²) in [6, 6.07) is 13.5. The third-order valence-electron chi connectivity index (χ3n) is 5.66. The van der Waals surface area contributed by atoms with Gasteiger partial charge in [0.1, 0.15) is 12.1 Å². The zero-order chi connectivity index (χ0) is 25.3. The Balaban J connectivity index is 1.38. The highest BCUT2D eigenvalue weighted by molar-refractivity contribution is 6.09. The average Bonchev–Trinajstić information content (AvgIpc) is 3.06. The number of benzene rings is 3. The predicted molar refractivity (Wildman–Crippen MR) is 120 cm³/mol. The third kappa shape index (κ3) is 4.52. The molecule has 180 valence electrons. The molecule has 0 radical (unpaired) electrons. The van der Waals surface area contributed by atoms with E-state index in [1.54, 1.807) is 12.1 Å². The normalized spacial score (nSPS) is 17.4. The van der Waals surface area contributed by atoms with Crippen LogP contribution in [0.15, 0.2) is 54.6 Å². The lowest BCUT2D eigenvalue weighted by atomic mass is 9.90. The molecule has 1 fully saturated rings. The molecule has 0 spiro atoms. The van der Waals surface area contributed by atoms with E-state index in [0.717, 1.165) is 21.7 Å². The maximum atomic E-state index is 13.7. The van der Waals surface area contributed by atoms with E-state index in [1.807, 2.05) is 35.6 Å². The van der Waals surface area contributed by atoms with Crippen molar-refractivity contribution in [3.8, 4) is 0 Å². The van der Waals surface area contributed by atoms with E-state index in [-0.39, 0.29) is 0 Å². The van der Waals surface area contributed by atoms with Crippen molar-refractivity contribution in [1.29, 1.82) is 0 Å². The number of nitrogens with one attached hydrogen (secondary N) is 3. The zero-order valence-corrected chi connectivity index (χ0v) is 18.3. The van der Waals surface area contributed by atoms with Crippen molar-refractivity contribution >= 4 is 40.2 Å². The van der Waals surface area contributed by atoms with Crippen LogP contribution in [0, 0.1) is 17.5 Å². The molecule has 3 N–H and O–H groups in total. The minimum atomic E-state index is -1.75. The van der Waals surface area contributed by atoms with Crippen molar-refractivity contribution in [2.75, 3.05) is 18.4 Å². The molecule has 1 atom stereocenters. The fourth-order valence-corrected chi connectivity index (χ4v) is 3.73. The maximum absolute atomic E-state index is 13.7. The van der Waals surface area contributed by atoms with Gasteiger partial charge < -0.3 is 16.0 Å². The summed E-state index contributed by atoms with van der Waals surface area (Å²) in [5, 5.41) is 8.61. The van der Waals surface area contributed by atoms with Crippen LogP contribution in [0.25, 0.3) is 10.8 Å². The highest BCUT2D eigenvalue weighted by Crippen LogP contribution is 2.31. The Morgan fingerprint density at radius 1 is 0.943 bits per heavy atom. The highest BCUT2D eigenvalue weighted by atomic mass is 19.2. The van der Waals surface area contributed by atoms with Crippen molar-refractivity contribution in [1.82, 2.24) is 15.5 Å². The Kier molecular flexibility index (Phi) is 6.16. The number of halogens is 3. The number of carbonyl (C=O) groups excluding carboxylic acids is 4. The number of hydrogen-bond acceptors (Lipinski definition) is 4. The third-order valence-corrected chi connectivity index (χ3v) is 5.66. The predicted octanol–water partition coefficient (Wildman–Crippen LogP) is 2.78. The van der Waals surface area contributed by atoms with Crippen molar-refractivity contribution < 1.29 is 32.3 Å². The first-order valence-electron chi connectivity index (χ1n) is 10.4. The van der Waals surface area contributed by atoms with Crippen molar-refractivity contribution in [3.63, 3.8) is 0 Å². The Labute approximate surface area is 197 Å². The van der Waals surface area contributed by atoms with Gasteiger partial charge in [-0.2, -0.15) is 0 Å². The number of fused-ring (bicyclic) bond motifs is 1. The molecule has 5 amide bonds. The van der Waals surface area contributed by atoms with Gasteiger partial charge in [0.25, 0.3) is 5.91 Å². The molecule has 0 bridgehead atoms. The summed E-state index contributed by atoms with van der Waals surface area (Å²) in [4.78, 5) is 50.5. The van der Waals surface area contributed by atoms with Crippen LogP contribution in [0.5, 0.6) is 0 Å². The molecule has 3 aromatic carbocycles. The molecule has 35 heavy (non-hydrogen) atoms. The van der Waals surface area contributed by atoms with Gasteiger partial charge in [0.2, 0.25) is 11.8 Å². The zero-order valence-electron chi connectivity index (χ0n) is 18.3. The number of nitrogens with zero attached hydrogens (tertiary/aromatic N) is 1. The van der Waals surface area contributed by atoms with Gasteiger partial charge in [-0.05, 0) is 41.5 Å². The number of rotatable bonds is 6. The summed E-state index contributed by atoms with van der Waals surface area (Å²) in [6.45, 7) is 0.197. The van der Waals surface area contributed by atoms with Crippen LogP contribution >= 0.6 is 0 Å². The largest absolute Gasteiger partial charge is 0.345 e. The molecular weight excluding hydrogens is 465 g/mol. The minimum Gasteiger partial charge on any atom is -0.345 e. The second kappa shape index (κ2) is 9.09. The minimum absolute atomic E-state index is 0.533. The molecule has 1 aliphatic rings. The van der Waals surface area contributed by atoms with E-state index in [2.05, 4.69) is 10.6 Å². The molecule has 11 heteroatoms. The van der Waals surface area contributed by atoms with E-state index in [9.17, 15) is 32.3 Å². The molecule has 1 aliphatic heterocycles. The molecule has 8 nitrogen and oxygen atoms in total. The average molecular weight is 484 g/mol. The van der Waals surface area contributed by atoms with E-state index < -0.39 is 65.5 Å². The lowest BCUT2D eigenvalue weighted by molar-refractivity contribution is -0.135. The van der Waals surface area contributed by atoms with Crippen molar-refractivity contribution in [3.05, 3.63) is 77.6 Å². The number of urea groups is 1. The smallest absolute Gasteiger partial charge is 0.325 e. The van der Waals surface area contributed by atoms with Gasteiger partial charge in [-0.3, -0.25) is 19.3 Å². The Morgan fingerprint density at radius 3 is 2.40 bits per heavy atom. The Bertz CT molecular complexity index is 1380. The molecule has 0 aromatic heterocycles. The fourth-order valence-electron chi connectivity index (χ4n) is 3.73. The first-order chi connectivity index (χ1) is 16.6. The van der Waals surface area contributed by atoms with E-state index in [1.165, 1.54) is 6.92 Å². The molecular formula is C24H19F3N4O4. The molecule has 0 saturated carbocycles. The van der Waals surface area contributed by atoms with Crippen LogP contribution in [0.2, 0.25) is 0 Å². The van der Waals surface area contributed by atoms with Gasteiger partial charge in [-0.1, -0.05) is 36.4 Å². The van der Waals surface area contributed by atoms with E-state index in [0.29, 0.717) is 11.6 Å².